The van der Waals surface area contributed by atoms with Crippen molar-refractivity contribution < 1.29 is 14.8 Å². The summed E-state index contributed by atoms with van der Waals surface area (Å²) < 4.78 is 4.93. The van der Waals surface area contributed by atoms with Gasteiger partial charge < -0.3 is 15.2 Å². The molecule has 0 saturated heterocycles. The molecule has 1 rings (SSSR count). The standard InChI is InChI=1S/C11H17N3O4/c1-7(6-15)8(2)12-11-9(14(16)17)4-5-10(13-11)18-3/h4-5,7-8,15H,6H2,1-3H3,(H,12,13). The number of nitrogens with zero attached hydrogens (tertiary/aromatic N) is 2. The molecule has 100 valence electrons. The number of nitro groups is 1. The Morgan fingerprint density at radius 3 is 2.72 bits per heavy atom. The van der Waals surface area contributed by atoms with E-state index in [0.717, 1.165) is 0 Å². The van der Waals surface area contributed by atoms with E-state index < -0.39 is 4.92 Å². The van der Waals surface area contributed by atoms with Crippen LogP contribution >= 0.6 is 0 Å². The fourth-order valence-corrected chi connectivity index (χ4v) is 1.32. The highest BCUT2D eigenvalue weighted by molar-refractivity contribution is 5.57. The molecule has 0 aliphatic carbocycles. The summed E-state index contributed by atoms with van der Waals surface area (Å²) in [6.07, 6.45) is 0. The number of aliphatic hydroxyl groups is 1. The van der Waals surface area contributed by atoms with Gasteiger partial charge >= 0.3 is 5.69 Å². The first-order chi connectivity index (χ1) is 8.49. The molecule has 18 heavy (non-hydrogen) atoms. The molecule has 0 aromatic carbocycles. The Labute approximate surface area is 105 Å². The monoisotopic (exact) mass is 255 g/mol. The summed E-state index contributed by atoms with van der Waals surface area (Å²) in [5.41, 5.74) is -0.118. The van der Waals surface area contributed by atoms with Gasteiger partial charge in [0.1, 0.15) is 0 Å². The van der Waals surface area contributed by atoms with E-state index in [4.69, 9.17) is 9.84 Å². The second-order valence-electron chi connectivity index (χ2n) is 4.07. The molecule has 2 N–H and O–H groups in total. The summed E-state index contributed by atoms with van der Waals surface area (Å²) in [7, 11) is 1.44. The maximum Gasteiger partial charge on any atom is 0.311 e. The molecule has 0 radical (unpaired) electrons. The molecule has 7 heteroatoms. The molecule has 0 spiro atoms. The number of rotatable bonds is 6. The highest BCUT2D eigenvalue weighted by Gasteiger charge is 2.20. The summed E-state index contributed by atoms with van der Waals surface area (Å²) in [6.45, 7) is 3.65. The molecule has 0 fully saturated rings. The van der Waals surface area contributed by atoms with Crippen molar-refractivity contribution in [1.82, 2.24) is 4.98 Å². The second kappa shape index (κ2) is 6.15. The van der Waals surface area contributed by atoms with Crippen LogP contribution in [0, 0.1) is 16.0 Å². The van der Waals surface area contributed by atoms with Crippen molar-refractivity contribution in [2.24, 2.45) is 5.92 Å². The van der Waals surface area contributed by atoms with Crippen LogP contribution < -0.4 is 10.1 Å². The van der Waals surface area contributed by atoms with Crippen LogP contribution in [0.25, 0.3) is 0 Å². The Bertz CT molecular complexity index is 425. The van der Waals surface area contributed by atoms with Crippen LogP contribution in [0.5, 0.6) is 5.88 Å². The van der Waals surface area contributed by atoms with Gasteiger partial charge in [0.25, 0.3) is 0 Å². The van der Waals surface area contributed by atoms with Gasteiger partial charge in [-0.25, -0.2) is 0 Å². The van der Waals surface area contributed by atoms with Gasteiger partial charge in [-0.2, -0.15) is 4.98 Å². The molecule has 0 bridgehead atoms. The molecule has 2 atom stereocenters. The Balaban J connectivity index is 3.00. The van der Waals surface area contributed by atoms with E-state index >= 15 is 0 Å². The Morgan fingerprint density at radius 1 is 1.56 bits per heavy atom. The predicted octanol–water partition coefficient (Wildman–Crippen LogP) is 1.43. The molecule has 1 aromatic heterocycles. The second-order valence-corrected chi connectivity index (χ2v) is 4.07. The van der Waals surface area contributed by atoms with Crippen molar-refractivity contribution in [2.75, 3.05) is 19.0 Å². The highest BCUT2D eigenvalue weighted by Crippen LogP contribution is 2.26. The van der Waals surface area contributed by atoms with Gasteiger partial charge in [0.15, 0.2) is 0 Å². The summed E-state index contributed by atoms with van der Waals surface area (Å²) in [5, 5.41) is 22.8. The minimum absolute atomic E-state index is 0.00800. The van der Waals surface area contributed by atoms with Crippen LogP contribution in [-0.4, -0.2) is 34.8 Å². The van der Waals surface area contributed by atoms with Crippen LogP contribution in [0.1, 0.15) is 13.8 Å². The summed E-state index contributed by atoms with van der Waals surface area (Å²) in [4.78, 5) is 14.4. The summed E-state index contributed by atoms with van der Waals surface area (Å²) in [6, 6.07) is 2.63. The third-order valence-electron chi connectivity index (χ3n) is 2.76. The predicted molar refractivity (Wildman–Crippen MR) is 66.8 cm³/mol. The van der Waals surface area contributed by atoms with E-state index in [1.54, 1.807) is 0 Å². The van der Waals surface area contributed by atoms with Gasteiger partial charge in [0, 0.05) is 24.8 Å². The molecule has 0 aliphatic heterocycles. The quantitative estimate of drug-likeness (QED) is 0.589. The normalized spacial score (nSPS) is 13.8. The van der Waals surface area contributed by atoms with E-state index in [1.807, 2.05) is 13.8 Å². The molecule has 1 heterocycles. The highest BCUT2D eigenvalue weighted by atomic mass is 16.6. The smallest absolute Gasteiger partial charge is 0.311 e. The van der Waals surface area contributed by atoms with Crippen molar-refractivity contribution in [3.63, 3.8) is 0 Å². The molecule has 0 saturated carbocycles. The van der Waals surface area contributed by atoms with Crippen molar-refractivity contribution in [3.05, 3.63) is 22.2 Å². The lowest BCUT2D eigenvalue weighted by atomic mass is 10.1. The van der Waals surface area contributed by atoms with E-state index in [2.05, 4.69) is 10.3 Å². The van der Waals surface area contributed by atoms with Crippen LogP contribution in [0.3, 0.4) is 0 Å². The lowest BCUT2D eigenvalue weighted by Gasteiger charge is -2.19. The van der Waals surface area contributed by atoms with Gasteiger partial charge in [-0.15, -0.1) is 0 Å². The van der Waals surface area contributed by atoms with E-state index in [0.29, 0.717) is 5.88 Å². The fourth-order valence-electron chi connectivity index (χ4n) is 1.32. The molecule has 0 aliphatic rings. The van der Waals surface area contributed by atoms with E-state index in [1.165, 1.54) is 19.2 Å². The van der Waals surface area contributed by atoms with Crippen molar-refractivity contribution >= 4 is 11.5 Å². The first-order valence-electron chi connectivity index (χ1n) is 5.56. The number of methoxy groups -OCH3 is 1. The van der Waals surface area contributed by atoms with Gasteiger partial charge in [-0.05, 0) is 12.8 Å². The van der Waals surface area contributed by atoms with E-state index in [9.17, 15) is 10.1 Å². The maximum absolute atomic E-state index is 10.9. The number of ether oxygens (including phenoxy) is 1. The van der Waals surface area contributed by atoms with Gasteiger partial charge in [-0.1, -0.05) is 6.92 Å². The molecular formula is C11H17N3O4. The first kappa shape index (κ1) is 14.2. The largest absolute Gasteiger partial charge is 0.481 e. The van der Waals surface area contributed by atoms with Crippen molar-refractivity contribution in [3.8, 4) is 5.88 Å². The number of aromatic nitrogens is 1. The average Bonchev–Trinajstić information content (AvgIpc) is 2.37. The van der Waals surface area contributed by atoms with Gasteiger partial charge in [-0.3, -0.25) is 10.1 Å². The maximum atomic E-state index is 10.9. The number of anilines is 1. The Kier molecular flexibility index (Phi) is 4.85. The van der Waals surface area contributed by atoms with E-state index in [-0.39, 0.29) is 30.1 Å². The zero-order valence-corrected chi connectivity index (χ0v) is 10.6. The minimum atomic E-state index is -0.509. The Morgan fingerprint density at radius 2 is 2.22 bits per heavy atom. The third-order valence-corrected chi connectivity index (χ3v) is 2.76. The summed E-state index contributed by atoms with van der Waals surface area (Å²) >= 11 is 0. The third kappa shape index (κ3) is 3.30. The zero-order valence-electron chi connectivity index (χ0n) is 10.6. The molecule has 0 amide bonds. The molecule has 2 unspecified atom stereocenters. The summed E-state index contributed by atoms with van der Waals surface area (Å²) in [5.74, 6) is 0.400. The van der Waals surface area contributed by atoms with Crippen LogP contribution in [0.4, 0.5) is 11.5 Å². The molecule has 7 nitrogen and oxygen atoms in total. The van der Waals surface area contributed by atoms with Crippen LogP contribution in [-0.2, 0) is 0 Å². The van der Waals surface area contributed by atoms with Gasteiger partial charge in [0.05, 0.1) is 12.0 Å². The molecular weight excluding hydrogens is 238 g/mol. The average molecular weight is 255 g/mol. The van der Waals surface area contributed by atoms with Crippen molar-refractivity contribution in [1.29, 1.82) is 0 Å². The number of aliphatic hydroxyl groups excluding tert-OH is 1. The first-order valence-corrected chi connectivity index (χ1v) is 5.56. The zero-order chi connectivity index (χ0) is 13.7. The topological polar surface area (TPSA) is 97.5 Å². The van der Waals surface area contributed by atoms with Crippen LogP contribution in [0.2, 0.25) is 0 Å². The Hall–Kier alpha value is -1.89. The number of hydrogen-bond donors (Lipinski definition) is 2. The molecule has 1 aromatic rings. The number of hydrogen-bond acceptors (Lipinski definition) is 6. The van der Waals surface area contributed by atoms with Gasteiger partial charge in [0.2, 0.25) is 11.7 Å². The minimum Gasteiger partial charge on any atom is -0.481 e. The van der Waals surface area contributed by atoms with Crippen LogP contribution in [0.15, 0.2) is 12.1 Å². The number of nitrogens with one attached hydrogen (secondary N) is 1. The lowest BCUT2D eigenvalue weighted by Crippen LogP contribution is -2.27. The lowest BCUT2D eigenvalue weighted by molar-refractivity contribution is -0.384. The van der Waals surface area contributed by atoms with Crippen molar-refractivity contribution in [2.45, 2.75) is 19.9 Å². The number of pyridine rings is 1. The fraction of sp³-hybridized carbons (Fsp3) is 0.545. The SMILES string of the molecule is COc1ccc([N+](=O)[O-])c(NC(C)C(C)CO)n1.